The van der Waals surface area contributed by atoms with E-state index in [1.807, 2.05) is 0 Å². The van der Waals surface area contributed by atoms with Gasteiger partial charge < -0.3 is 34.2 Å². The summed E-state index contributed by atoms with van der Waals surface area (Å²) in [5, 5.41) is 20.5. The molecule has 0 amide bonds. The van der Waals surface area contributed by atoms with Crippen LogP contribution in [-0.4, -0.2) is 95.9 Å². The van der Waals surface area contributed by atoms with Crippen LogP contribution in [0.5, 0.6) is 0 Å². The largest absolute Gasteiger partial charge is 0.472 e. The summed E-state index contributed by atoms with van der Waals surface area (Å²) in [6, 6.07) is 0. The zero-order valence-corrected chi connectivity index (χ0v) is 58.4. The monoisotopic (exact) mass is 1300 g/mol. The minimum absolute atomic E-state index is 0.113. The van der Waals surface area contributed by atoms with E-state index in [2.05, 4.69) is 69.4 Å². The molecule has 0 fully saturated rings. The van der Waals surface area contributed by atoms with Crippen molar-refractivity contribution in [3.63, 3.8) is 0 Å². The van der Waals surface area contributed by atoms with E-state index in [9.17, 15) is 43.5 Å². The van der Waals surface area contributed by atoms with E-state index in [-0.39, 0.29) is 19.3 Å². The van der Waals surface area contributed by atoms with Gasteiger partial charge in [-0.1, -0.05) is 294 Å². The number of phosphoric acid groups is 2. The zero-order chi connectivity index (χ0) is 65.3. The molecule has 5 unspecified atom stereocenters. The summed E-state index contributed by atoms with van der Waals surface area (Å²) < 4.78 is 60.9. The number of aliphatic hydroxyl groups excluding tert-OH is 2. The SMILES string of the molecule is CCCCC/C=C\C/C=C\C/C=C\C/C=C\CCCCCCCCCCCCCC(=O)OCC(O)COP(=O)(O)OCC(O)COP(=O)(O)OCC(COC(=O)CCCCCCCCCCCCCCCCC)OC(=O)CCCCCCCCCCCCC. The average Bonchev–Trinajstić information content (AvgIpc) is 3.56. The summed E-state index contributed by atoms with van der Waals surface area (Å²) in [7, 11) is -9.75. The molecule has 0 aromatic heterocycles. The van der Waals surface area contributed by atoms with Crippen LogP contribution in [0.1, 0.15) is 329 Å². The maximum Gasteiger partial charge on any atom is 0.472 e. The molecule has 0 aliphatic rings. The third kappa shape index (κ3) is 66.8. The molecule has 0 rings (SSSR count). The Morgan fingerprint density at radius 1 is 0.315 bits per heavy atom. The maximum atomic E-state index is 12.9. The van der Waals surface area contributed by atoms with Gasteiger partial charge in [0.25, 0.3) is 0 Å². The molecule has 0 spiro atoms. The lowest BCUT2D eigenvalue weighted by Gasteiger charge is -2.21. The molecule has 5 atom stereocenters. The lowest BCUT2D eigenvalue weighted by molar-refractivity contribution is -0.161. The van der Waals surface area contributed by atoms with Crippen molar-refractivity contribution in [2.24, 2.45) is 0 Å². The van der Waals surface area contributed by atoms with Crippen LogP contribution in [0, 0.1) is 0 Å². The van der Waals surface area contributed by atoms with Crippen molar-refractivity contribution in [1.29, 1.82) is 0 Å². The van der Waals surface area contributed by atoms with Crippen LogP contribution in [0.4, 0.5) is 0 Å². The lowest BCUT2D eigenvalue weighted by Crippen LogP contribution is -2.30. The van der Waals surface area contributed by atoms with Gasteiger partial charge in [-0.3, -0.25) is 32.5 Å². The molecule has 16 nitrogen and oxygen atoms in total. The third-order valence-corrected chi connectivity index (χ3v) is 17.5. The van der Waals surface area contributed by atoms with Crippen molar-refractivity contribution in [1.82, 2.24) is 0 Å². The van der Waals surface area contributed by atoms with Crippen LogP contribution in [0.3, 0.4) is 0 Å². The summed E-state index contributed by atoms with van der Waals surface area (Å²) >= 11 is 0. The summed E-state index contributed by atoms with van der Waals surface area (Å²) in [5.41, 5.74) is 0. The van der Waals surface area contributed by atoms with Crippen LogP contribution in [0.25, 0.3) is 0 Å². The average molecular weight is 1300 g/mol. The summed E-state index contributed by atoms with van der Waals surface area (Å²) in [4.78, 5) is 58.3. The molecule has 0 aromatic rings. The van der Waals surface area contributed by atoms with Crippen molar-refractivity contribution < 1.29 is 75.8 Å². The fourth-order valence-electron chi connectivity index (χ4n) is 10.0. The Kier molecular flexibility index (Phi) is 63.7. The smallest absolute Gasteiger partial charge is 0.463 e. The van der Waals surface area contributed by atoms with Gasteiger partial charge in [0.15, 0.2) is 6.10 Å². The molecule has 0 aromatic carbocycles. The second kappa shape index (κ2) is 65.6. The number of rotatable bonds is 69. The van der Waals surface area contributed by atoms with Gasteiger partial charge in [-0.05, 0) is 64.2 Å². The molecule has 522 valence electrons. The molecule has 89 heavy (non-hydrogen) atoms. The van der Waals surface area contributed by atoms with E-state index in [1.165, 1.54) is 180 Å². The Labute approximate surface area is 542 Å². The second-order valence-electron chi connectivity index (χ2n) is 24.4. The fraction of sp³-hybridized carbons (Fsp3) is 0.845. The van der Waals surface area contributed by atoms with Crippen LogP contribution in [0.2, 0.25) is 0 Å². The van der Waals surface area contributed by atoms with E-state index in [4.69, 9.17) is 32.3 Å². The Morgan fingerprint density at radius 2 is 0.562 bits per heavy atom. The van der Waals surface area contributed by atoms with E-state index in [0.29, 0.717) is 19.3 Å². The molecule has 18 heteroatoms. The predicted molar refractivity (Wildman–Crippen MR) is 362 cm³/mol. The number of esters is 3. The second-order valence-corrected chi connectivity index (χ2v) is 27.3. The molecule has 0 aliphatic heterocycles. The number of aliphatic hydroxyl groups is 2. The summed E-state index contributed by atoms with van der Waals surface area (Å²) in [6.07, 6.45) is 66.0. The first-order chi connectivity index (χ1) is 43.2. The Morgan fingerprint density at radius 3 is 0.910 bits per heavy atom. The van der Waals surface area contributed by atoms with E-state index in [1.54, 1.807) is 0 Å². The highest BCUT2D eigenvalue weighted by atomic mass is 31.2. The number of hydrogen-bond donors (Lipinski definition) is 4. The third-order valence-electron chi connectivity index (χ3n) is 15.6. The lowest BCUT2D eigenvalue weighted by atomic mass is 10.0. The van der Waals surface area contributed by atoms with Gasteiger partial charge in [0.05, 0.1) is 26.4 Å². The number of ether oxygens (including phenoxy) is 3. The van der Waals surface area contributed by atoms with Gasteiger partial charge >= 0.3 is 33.6 Å². The van der Waals surface area contributed by atoms with E-state index in [0.717, 1.165) is 89.9 Å². The zero-order valence-electron chi connectivity index (χ0n) is 56.6. The number of hydrogen-bond acceptors (Lipinski definition) is 14. The number of allylic oxidation sites excluding steroid dienone is 8. The molecule has 0 saturated carbocycles. The first kappa shape index (κ1) is 86.5. The number of phosphoric ester groups is 2. The van der Waals surface area contributed by atoms with Gasteiger partial charge in [0, 0.05) is 19.3 Å². The summed E-state index contributed by atoms with van der Waals surface area (Å²) in [6.45, 7) is 2.68. The van der Waals surface area contributed by atoms with Crippen LogP contribution >= 0.6 is 15.6 Å². The molecule has 0 saturated heterocycles. The number of carbonyl (C=O) groups excluding carboxylic acids is 3. The molecular formula is C71H132O16P2. The van der Waals surface area contributed by atoms with Gasteiger partial charge in [0.1, 0.15) is 25.4 Å². The number of unbranched alkanes of at least 4 members (excludes halogenated alkanes) is 38. The maximum absolute atomic E-state index is 12.9. The highest BCUT2D eigenvalue weighted by molar-refractivity contribution is 7.47. The van der Waals surface area contributed by atoms with Crippen LogP contribution < -0.4 is 0 Å². The van der Waals surface area contributed by atoms with Gasteiger partial charge in [-0.2, -0.15) is 0 Å². The Hall–Kier alpha value is -2.49. The minimum atomic E-state index is -4.91. The van der Waals surface area contributed by atoms with Crippen molar-refractivity contribution in [2.75, 3.05) is 39.6 Å². The topological polar surface area (TPSA) is 231 Å². The fourth-order valence-corrected chi connectivity index (χ4v) is 11.6. The molecule has 0 bridgehead atoms. The highest BCUT2D eigenvalue weighted by Crippen LogP contribution is 2.45. The van der Waals surface area contributed by atoms with Gasteiger partial charge in [0.2, 0.25) is 0 Å². The van der Waals surface area contributed by atoms with Crippen LogP contribution in [0.15, 0.2) is 48.6 Å². The predicted octanol–water partition coefficient (Wildman–Crippen LogP) is 20.0. The first-order valence-electron chi connectivity index (χ1n) is 35.9. The molecule has 4 N–H and O–H groups in total. The van der Waals surface area contributed by atoms with Gasteiger partial charge in [-0.15, -0.1) is 0 Å². The van der Waals surface area contributed by atoms with Crippen molar-refractivity contribution in [3.8, 4) is 0 Å². The van der Waals surface area contributed by atoms with Crippen molar-refractivity contribution in [3.05, 3.63) is 48.6 Å². The van der Waals surface area contributed by atoms with E-state index < -0.39 is 91.5 Å². The van der Waals surface area contributed by atoms with Crippen molar-refractivity contribution in [2.45, 2.75) is 347 Å². The molecule has 0 aliphatic carbocycles. The molecule has 0 heterocycles. The standard InChI is InChI=1S/C71H132O16P2/c1-4-7-10-13-16-19-22-24-26-27-28-29-30-31-32-33-34-35-36-37-39-41-43-45-48-51-54-57-69(74)81-60-66(72)61-83-88(77,78)84-62-67(73)63-85-89(79,80)86-65-68(87-71(76)59-56-53-50-47-42-21-18-15-12-9-6-3)64-82-70(75)58-55-52-49-46-44-40-38-25-23-20-17-14-11-8-5-2/h16,19,24,26,28-29,31-32,66-68,72-73H,4-15,17-18,20-23,25,27,30,33-65H2,1-3H3,(H,77,78)(H,79,80)/b19-16-,26-24-,29-28-,32-31-. The Bertz CT molecular complexity index is 1830. The Balaban J connectivity index is 4.41. The van der Waals surface area contributed by atoms with Gasteiger partial charge in [-0.25, -0.2) is 9.13 Å². The van der Waals surface area contributed by atoms with Crippen LogP contribution in [-0.2, 0) is 55.8 Å². The molecular weight excluding hydrogens is 1170 g/mol. The first-order valence-corrected chi connectivity index (χ1v) is 38.9. The minimum Gasteiger partial charge on any atom is -0.463 e. The quantitative estimate of drug-likeness (QED) is 0.0146. The van der Waals surface area contributed by atoms with Crippen molar-refractivity contribution >= 4 is 33.6 Å². The highest BCUT2D eigenvalue weighted by Gasteiger charge is 2.29. The molecule has 0 radical (unpaired) electrons. The summed E-state index contributed by atoms with van der Waals surface area (Å²) in [5.74, 6) is -1.55. The van der Waals surface area contributed by atoms with E-state index >= 15 is 0 Å². The normalized spacial score (nSPS) is 14.5. The number of carbonyl (C=O) groups is 3.